The van der Waals surface area contributed by atoms with E-state index < -0.39 is 0 Å². The van der Waals surface area contributed by atoms with Gasteiger partial charge in [0.2, 0.25) is 5.88 Å². The van der Waals surface area contributed by atoms with Gasteiger partial charge in [0.1, 0.15) is 5.82 Å². The van der Waals surface area contributed by atoms with Crippen LogP contribution in [-0.4, -0.2) is 22.8 Å². The summed E-state index contributed by atoms with van der Waals surface area (Å²) >= 11 is 1.45. The predicted octanol–water partition coefficient (Wildman–Crippen LogP) is 2.60. The molecule has 1 aromatic heterocycles. The van der Waals surface area contributed by atoms with Crippen LogP contribution in [0.5, 0.6) is 5.88 Å². The van der Waals surface area contributed by atoms with Crippen molar-refractivity contribution >= 4 is 17.6 Å². The van der Waals surface area contributed by atoms with E-state index in [0.29, 0.717) is 23.5 Å². The lowest BCUT2D eigenvalue weighted by molar-refractivity contribution is 0.235. The number of hydrogen-bond acceptors (Lipinski definition) is 5. The lowest BCUT2D eigenvalue weighted by Gasteiger charge is -2.17. The Morgan fingerprint density at radius 1 is 1.38 bits per heavy atom. The molecule has 5 heteroatoms. The van der Waals surface area contributed by atoms with E-state index in [0.717, 1.165) is 6.42 Å². The van der Waals surface area contributed by atoms with Crippen LogP contribution in [0.2, 0.25) is 0 Å². The Morgan fingerprint density at radius 2 is 2.06 bits per heavy atom. The molecule has 0 saturated heterocycles. The third kappa shape index (κ3) is 4.70. The zero-order chi connectivity index (χ0) is 12.2. The number of ether oxygens (including phenoxy) is 1. The van der Waals surface area contributed by atoms with Gasteiger partial charge in [0.05, 0.1) is 6.61 Å². The van der Waals surface area contributed by atoms with E-state index in [9.17, 15) is 0 Å². The Hall–Kier alpha value is -0.970. The fourth-order valence-electron chi connectivity index (χ4n) is 1.05. The summed E-state index contributed by atoms with van der Waals surface area (Å²) in [5.74, 6) is 1.01. The van der Waals surface area contributed by atoms with Crippen molar-refractivity contribution in [2.45, 2.75) is 32.3 Å². The Kier molecular flexibility index (Phi) is 4.41. The summed E-state index contributed by atoms with van der Waals surface area (Å²) in [4.78, 5) is 8.28. The van der Waals surface area contributed by atoms with Crippen molar-refractivity contribution in [3.05, 3.63) is 6.07 Å². The van der Waals surface area contributed by atoms with Gasteiger partial charge in [-0.3, -0.25) is 0 Å². The molecule has 16 heavy (non-hydrogen) atoms. The van der Waals surface area contributed by atoms with E-state index in [1.54, 1.807) is 6.07 Å². The number of thioether (sulfide) groups is 1. The molecule has 0 fully saturated rings. The Labute approximate surface area is 101 Å². The molecular formula is C11H19N3OS. The largest absolute Gasteiger partial charge is 0.477 e. The van der Waals surface area contributed by atoms with Gasteiger partial charge in [-0.05, 0) is 18.1 Å². The molecule has 0 aliphatic rings. The Bertz CT molecular complexity index is 350. The lowest BCUT2D eigenvalue weighted by atomic mass is 9.93. The molecule has 1 aromatic rings. The molecule has 0 spiro atoms. The maximum atomic E-state index is 5.65. The highest BCUT2D eigenvalue weighted by Gasteiger charge is 2.10. The van der Waals surface area contributed by atoms with Gasteiger partial charge in [0, 0.05) is 6.07 Å². The van der Waals surface area contributed by atoms with Crippen LogP contribution in [0.15, 0.2) is 11.2 Å². The molecule has 0 bridgehead atoms. The average molecular weight is 241 g/mol. The number of nitrogen functional groups attached to an aromatic ring is 1. The van der Waals surface area contributed by atoms with E-state index in [2.05, 4.69) is 30.7 Å². The number of nitrogens with zero attached hydrogens (tertiary/aromatic N) is 2. The SMILES string of the molecule is CSc1nc(N)cc(OCCC(C)(C)C)n1. The maximum Gasteiger partial charge on any atom is 0.219 e. The third-order valence-corrected chi connectivity index (χ3v) is 2.53. The molecule has 90 valence electrons. The number of aromatic nitrogens is 2. The highest BCUT2D eigenvalue weighted by Crippen LogP contribution is 2.20. The zero-order valence-electron chi connectivity index (χ0n) is 10.3. The van der Waals surface area contributed by atoms with Crippen molar-refractivity contribution in [3.8, 4) is 5.88 Å². The second-order valence-electron chi connectivity index (χ2n) is 4.78. The van der Waals surface area contributed by atoms with Crippen LogP contribution in [-0.2, 0) is 0 Å². The van der Waals surface area contributed by atoms with Crippen LogP contribution in [0.4, 0.5) is 5.82 Å². The van der Waals surface area contributed by atoms with Crippen LogP contribution in [0.1, 0.15) is 27.2 Å². The van der Waals surface area contributed by atoms with Crippen LogP contribution < -0.4 is 10.5 Å². The average Bonchev–Trinajstić information content (AvgIpc) is 2.14. The zero-order valence-corrected chi connectivity index (χ0v) is 11.1. The number of hydrogen-bond donors (Lipinski definition) is 1. The summed E-state index contributed by atoms with van der Waals surface area (Å²) in [5.41, 5.74) is 5.91. The molecule has 0 aromatic carbocycles. The highest BCUT2D eigenvalue weighted by molar-refractivity contribution is 7.98. The number of nitrogens with two attached hydrogens (primary N) is 1. The second kappa shape index (κ2) is 5.39. The molecule has 2 N–H and O–H groups in total. The topological polar surface area (TPSA) is 61.0 Å². The lowest BCUT2D eigenvalue weighted by Crippen LogP contribution is -2.12. The summed E-state index contributed by atoms with van der Waals surface area (Å²) in [7, 11) is 0. The molecule has 1 heterocycles. The first-order valence-corrected chi connectivity index (χ1v) is 6.44. The van der Waals surface area contributed by atoms with E-state index in [1.807, 2.05) is 6.26 Å². The van der Waals surface area contributed by atoms with Gasteiger partial charge in [0.25, 0.3) is 0 Å². The first kappa shape index (κ1) is 13.1. The fraction of sp³-hybridized carbons (Fsp3) is 0.636. The van der Waals surface area contributed by atoms with Gasteiger partial charge in [0.15, 0.2) is 5.16 Å². The van der Waals surface area contributed by atoms with Gasteiger partial charge in [-0.15, -0.1) is 0 Å². The smallest absolute Gasteiger partial charge is 0.219 e. The summed E-state index contributed by atoms with van der Waals surface area (Å²) in [5, 5.41) is 0.644. The maximum absolute atomic E-state index is 5.65. The van der Waals surface area contributed by atoms with Crippen LogP contribution >= 0.6 is 11.8 Å². The van der Waals surface area contributed by atoms with Crippen molar-refractivity contribution in [1.82, 2.24) is 9.97 Å². The highest BCUT2D eigenvalue weighted by atomic mass is 32.2. The van der Waals surface area contributed by atoms with Gasteiger partial charge >= 0.3 is 0 Å². The minimum absolute atomic E-state index is 0.265. The van der Waals surface area contributed by atoms with E-state index in [4.69, 9.17) is 10.5 Å². The second-order valence-corrected chi connectivity index (χ2v) is 5.55. The van der Waals surface area contributed by atoms with E-state index in [-0.39, 0.29) is 5.41 Å². The van der Waals surface area contributed by atoms with Crippen molar-refractivity contribution < 1.29 is 4.74 Å². The molecule has 0 aliphatic heterocycles. The summed E-state index contributed by atoms with van der Waals surface area (Å²) in [6, 6.07) is 1.66. The molecule has 0 saturated carbocycles. The van der Waals surface area contributed by atoms with Gasteiger partial charge in [-0.25, -0.2) is 4.98 Å². The van der Waals surface area contributed by atoms with Crippen molar-refractivity contribution in [2.75, 3.05) is 18.6 Å². The number of anilines is 1. The van der Waals surface area contributed by atoms with Crippen molar-refractivity contribution in [1.29, 1.82) is 0 Å². The summed E-state index contributed by atoms with van der Waals surface area (Å²) in [6.07, 6.45) is 2.89. The van der Waals surface area contributed by atoms with E-state index >= 15 is 0 Å². The van der Waals surface area contributed by atoms with E-state index in [1.165, 1.54) is 11.8 Å². The molecular weight excluding hydrogens is 222 g/mol. The normalized spacial score (nSPS) is 11.5. The fourth-order valence-corrected chi connectivity index (χ4v) is 1.43. The Morgan fingerprint density at radius 3 is 2.62 bits per heavy atom. The minimum Gasteiger partial charge on any atom is -0.477 e. The van der Waals surface area contributed by atoms with Crippen LogP contribution in [0.25, 0.3) is 0 Å². The first-order chi connectivity index (χ1) is 7.40. The molecule has 0 atom stereocenters. The minimum atomic E-state index is 0.265. The van der Waals surface area contributed by atoms with Gasteiger partial charge in [-0.2, -0.15) is 4.98 Å². The van der Waals surface area contributed by atoms with Gasteiger partial charge < -0.3 is 10.5 Å². The van der Waals surface area contributed by atoms with Crippen molar-refractivity contribution in [3.63, 3.8) is 0 Å². The standard InChI is InChI=1S/C11H19N3OS/c1-11(2,3)5-6-15-9-7-8(12)13-10(14-9)16-4/h7H,5-6H2,1-4H3,(H2,12,13,14). The van der Waals surface area contributed by atoms with Crippen LogP contribution in [0.3, 0.4) is 0 Å². The molecule has 0 amide bonds. The number of rotatable bonds is 4. The summed E-state index contributed by atoms with van der Waals surface area (Å²) < 4.78 is 5.56. The molecule has 4 nitrogen and oxygen atoms in total. The quantitative estimate of drug-likeness (QED) is 0.648. The summed E-state index contributed by atoms with van der Waals surface area (Å²) in [6.45, 7) is 7.18. The predicted molar refractivity (Wildman–Crippen MR) is 67.8 cm³/mol. The van der Waals surface area contributed by atoms with Crippen LogP contribution in [0, 0.1) is 5.41 Å². The molecule has 0 unspecified atom stereocenters. The first-order valence-electron chi connectivity index (χ1n) is 5.22. The molecule has 0 radical (unpaired) electrons. The van der Waals surface area contributed by atoms with Crippen molar-refractivity contribution in [2.24, 2.45) is 5.41 Å². The van der Waals surface area contributed by atoms with Gasteiger partial charge in [-0.1, -0.05) is 32.5 Å². The monoisotopic (exact) mass is 241 g/mol. The molecule has 1 rings (SSSR count). The third-order valence-electron chi connectivity index (χ3n) is 1.99. The Balaban J connectivity index is 2.57. The molecule has 0 aliphatic carbocycles.